The molecule has 60 valence electrons. The molecule has 1 heterocycles. The number of hydrogen-bond acceptors (Lipinski definition) is 4. The Kier molecular flexibility index (Phi) is 2.54. The first-order valence-electron chi connectivity index (χ1n) is 2.85. The summed E-state index contributed by atoms with van der Waals surface area (Å²) in [5.74, 6) is 0. The smallest absolute Gasteiger partial charge is 0.258 e. The molecule has 5 nitrogen and oxygen atoms in total. The highest BCUT2D eigenvalue weighted by molar-refractivity contribution is 14.1. The van der Waals surface area contributed by atoms with Crippen LogP contribution >= 0.6 is 22.6 Å². The second-order valence-corrected chi connectivity index (χ2v) is 3.14. The van der Waals surface area contributed by atoms with Gasteiger partial charge in [0.2, 0.25) is 5.69 Å². The minimum Gasteiger partial charge on any atom is -0.258 e. The predicted octanol–water partition coefficient (Wildman–Crippen LogP) is 1.47. The van der Waals surface area contributed by atoms with Gasteiger partial charge in [-0.3, -0.25) is 10.1 Å². The summed E-state index contributed by atoms with van der Waals surface area (Å²) in [5, 5.41) is 18.8. The van der Waals surface area contributed by atoms with Crippen molar-refractivity contribution in [2.45, 2.75) is 0 Å². The number of nitro groups is 1. The zero-order valence-electron chi connectivity index (χ0n) is 5.69. The van der Waals surface area contributed by atoms with E-state index in [1.165, 1.54) is 12.3 Å². The standard InChI is InChI=1S/C6H2IN3O2/c7-4-1-6(10(11)12)5(2-8)9-3-4/h1,3H. The lowest BCUT2D eigenvalue weighted by Gasteiger charge is -1.93. The van der Waals surface area contributed by atoms with Crippen LogP contribution in [0.3, 0.4) is 0 Å². The first-order valence-corrected chi connectivity index (χ1v) is 3.93. The van der Waals surface area contributed by atoms with Crippen molar-refractivity contribution in [3.63, 3.8) is 0 Å². The zero-order valence-corrected chi connectivity index (χ0v) is 7.85. The number of halogens is 1. The van der Waals surface area contributed by atoms with Gasteiger partial charge >= 0.3 is 5.69 Å². The average Bonchev–Trinajstić information content (AvgIpc) is 2.04. The Morgan fingerprint density at radius 1 is 1.75 bits per heavy atom. The second-order valence-electron chi connectivity index (χ2n) is 1.89. The van der Waals surface area contributed by atoms with E-state index in [1.54, 1.807) is 6.07 Å². The van der Waals surface area contributed by atoms with E-state index in [-0.39, 0.29) is 11.4 Å². The maximum Gasteiger partial charge on any atom is 0.306 e. The molecule has 6 heteroatoms. The Labute approximate surface area is 81.3 Å². The highest BCUT2D eigenvalue weighted by Crippen LogP contribution is 2.17. The van der Waals surface area contributed by atoms with Crippen LogP contribution in [0.2, 0.25) is 0 Å². The van der Waals surface area contributed by atoms with Crippen LogP contribution in [0.15, 0.2) is 12.3 Å². The SMILES string of the molecule is N#Cc1ncc(I)cc1[N+](=O)[O-]. The molecule has 0 amide bonds. The summed E-state index contributed by atoms with van der Waals surface area (Å²) in [4.78, 5) is 13.3. The molecule has 0 aliphatic heterocycles. The summed E-state index contributed by atoms with van der Waals surface area (Å²) in [7, 11) is 0. The van der Waals surface area contributed by atoms with E-state index in [1.807, 2.05) is 22.6 Å². The van der Waals surface area contributed by atoms with Crippen molar-refractivity contribution < 1.29 is 4.92 Å². The molecule has 0 radical (unpaired) electrons. The number of nitriles is 1. The highest BCUT2D eigenvalue weighted by Gasteiger charge is 2.14. The quantitative estimate of drug-likeness (QED) is 0.441. The monoisotopic (exact) mass is 275 g/mol. The molecular weight excluding hydrogens is 273 g/mol. The van der Waals surface area contributed by atoms with Gasteiger partial charge in [0, 0.05) is 15.8 Å². The van der Waals surface area contributed by atoms with Gasteiger partial charge in [-0.15, -0.1) is 0 Å². The highest BCUT2D eigenvalue weighted by atomic mass is 127. The van der Waals surface area contributed by atoms with Crippen molar-refractivity contribution in [2.75, 3.05) is 0 Å². The van der Waals surface area contributed by atoms with Crippen molar-refractivity contribution in [2.24, 2.45) is 0 Å². The maximum atomic E-state index is 10.3. The zero-order chi connectivity index (χ0) is 9.14. The van der Waals surface area contributed by atoms with Gasteiger partial charge in [0.25, 0.3) is 0 Å². The van der Waals surface area contributed by atoms with Crippen molar-refractivity contribution in [3.05, 3.63) is 31.6 Å². The number of nitrogens with zero attached hydrogens (tertiary/aromatic N) is 3. The van der Waals surface area contributed by atoms with Crippen LogP contribution in [0.25, 0.3) is 0 Å². The molecule has 0 aromatic carbocycles. The Morgan fingerprint density at radius 2 is 2.42 bits per heavy atom. The average molecular weight is 275 g/mol. The van der Waals surface area contributed by atoms with Gasteiger partial charge in [0.15, 0.2) is 0 Å². The topological polar surface area (TPSA) is 79.8 Å². The summed E-state index contributed by atoms with van der Waals surface area (Å²) >= 11 is 1.90. The summed E-state index contributed by atoms with van der Waals surface area (Å²) in [6.45, 7) is 0. The van der Waals surface area contributed by atoms with Crippen molar-refractivity contribution >= 4 is 28.3 Å². The third-order valence-electron chi connectivity index (χ3n) is 1.14. The Hall–Kier alpha value is -1.23. The van der Waals surface area contributed by atoms with E-state index < -0.39 is 4.92 Å². The Morgan fingerprint density at radius 3 is 2.92 bits per heavy atom. The fourth-order valence-electron chi connectivity index (χ4n) is 0.654. The molecule has 0 unspecified atom stereocenters. The Bertz CT molecular complexity index is 372. The molecule has 0 aliphatic carbocycles. The number of rotatable bonds is 1. The minimum absolute atomic E-state index is 0.152. The minimum atomic E-state index is -0.617. The molecular formula is C6H2IN3O2. The van der Waals surface area contributed by atoms with Gasteiger partial charge in [-0.05, 0) is 22.6 Å². The van der Waals surface area contributed by atoms with E-state index in [0.29, 0.717) is 3.57 Å². The first-order chi connectivity index (χ1) is 5.65. The van der Waals surface area contributed by atoms with Crippen molar-refractivity contribution in [1.29, 1.82) is 5.26 Å². The largest absolute Gasteiger partial charge is 0.306 e. The van der Waals surface area contributed by atoms with E-state index in [2.05, 4.69) is 4.98 Å². The number of hydrogen-bond donors (Lipinski definition) is 0. The molecule has 1 aromatic rings. The van der Waals surface area contributed by atoms with Gasteiger partial charge in [-0.1, -0.05) is 0 Å². The molecule has 0 aliphatic rings. The van der Waals surface area contributed by atoms with Crippen molar-refractivity contribution in [3.8, 4) is 6.07 Å². The number of pyridine rings is 1. The normalized spacial score (nSPS) is 9.00. The molecule has 0 N–H and O–H groups in total. The van der Waals surface area contributed by atoms with E-state index >= 15 is 0 Å². The van der Waals surface area contributed by atoms with Crippen LogP contribution in [-0.2, 0) is 0 Å². The van der Waals surface area contributed by atoms with Crippen LogP contribution < -0.4 is 0 Å². The van der Waals surface area contributed by atoms with Crippen LogP contribution in [0.1, 0.15) is 5.69 Å². The third-order valence-corrected chi connectivity index (χ3v) is 1.73. The first kappa shape index (κ1) is 8.86. The third kappa shape index (κ3) is 1.68. The molecule has 0 bridgehead atoms. The molecule has 0 spiro atoms. The van der Waals surface area contributed by atoms with Crippen LogP contribution in [-0.4, -0.2) is 9.91 Å². The van der Waals surface area contributed by atoms with Gasteiger partial charge < -0.3 is 0 Å². The number of aromatic nitrogens is 1. The summed E-state index contributed by atoms with van der Waals surface area (Å²) in [6.07, 6.45) is 1.41. The molecule has 0 atom stereocenters. The van der Waals surface area contributed by atoms with Crippen molar-refractivity contribution in [1.82, 2.24) is 4.98 Å². The predicted molar refractivity (Wildman–Crippen MR) is 48.3 cm³/mol. The lowest BCUT2D eigenvalue weighted by molar-refractivity contribution is -0.385. The van der Waals surface area contributed by atoms with Gasteiger partial charge in [-0.25, -0.2) is 4.98 Å². The summed E-state index contributed by atoms with van der Waals surface area (Å²) in [5.41, 5.74) is -0.398. The molecule has 0 saturated carbocycles. The molecule has 0 fully saturated rings. The maximum absolute atomic E-state index is 10.3. The summed E-state index contributed by atoms with van der Waals surface area (Å²) < 4.78 is 0.637. The van der Waals surface area contributed by atoms with Crippen LogP contribution in [0, 0.1) is 25.0 Å². The summed E-state index contributed by atoms with van der Waals surface area (Å²) in [6, 6.07) is 2.96. The fraction of sp³-hybridized carbons (Fsp3) is 0. The second kappa shape index (κ2) is 3.44. The Balaban J connectivity index is 3.34. The van der Waals surface area contributed by atoms with Gasteiger partial charge in [-0.2, -0.15) is 5.26 Å². The van der Waals surface area contributed by atoms with E-state index in [0.717, 1.165) is 0 Å². The van der Waals surface area contributed by atoms with Crippen LogP contribution in [0.4, 0.5) is 5.69 Å². The molecule has 0 saturated heterocycles. The lowest BCUT2D eigenvalue weighted by atomic mass is 10.3. The molecule has 1 aromatic heterocycles. The van der Waals surface area contributed by atoms with Crippen LogP contribution in [0.5, 0.6) is 0 Å². The lowest BCUT2D eigenvalue weighted by Crippen LogP contribution is -1.95. The van der Waals surface area contributed by atoms with E-state index in [4.69, 9.17) is 5.26 Å². The molecule has 12 heavy (non-hydrogen) atoms. The molecule has 1 rings (SSSR count). The fourth-order valence-corrected chi connectivity index (χ4v) is 1.09. The van der Waals surface area contributed by atoms with E-state index in [9.17, 15) is 10.1 Å². The van der Waals surface area contributed by atoms with Gasteiger partial charge in [0.05, 0.1) is 4.92 Å². The van der Waals surface area contributed by atoms with Gasteiger partial charge in [0.1, 0.15) is 6.07 Å².